The molecular weight excluding hydrogens is 416 g/mol. The summed E-state index contributed by atoms with van der Waals surface area (Å²) in [6.45, 7) is 3.05. The van der Waals surface area contributed by atoms with Gasteiger partial charge < -0.3 is 0 Å². The van der Waals surface area contributed by atoms with Crippen molar-refractivity contribution in [2.24, 2.45) is 5.92 Å². The van der Waals surface area contributed by atoms with Gasteiger partial charge in [0.1, 0.15) is 6.04 Å². The van der Waals surface area contributed by atoms with E-state index in [1.165, 1.54) is 5.56 Å². The Bertz CT molecular complexity index is 1280. The summed E-state index contributed by atoms with van der Waals surface area (Å²) in [5, 5.41) is 3.19. The molecule has 1 aromatic heterocycles. The van der Waals surface area contributed by atoms with Gasteiger partial charge in [0.2, 0.25) is 11.8 Å². The Hall–Kier alpha value is -3.58. The molecule has 0 aliphatic carbocycles. The van der Waals surface area contributed by atoms with Crippen LogP contribution in [0.3, 0.4) is 0 Å². The zero-order valence-corrected chi connectivity index (χ0v) is 18.2. The number of aromatic nitrogens is 1. The summed E-state index contributed by atoms with van der Waals surface area (Å²) in [6, 6.07) is 15.5. The average Bonchev–Trinajstić information content (AvgIpc) is 3.07. The van der Waals surface area contributed by atoms with Crippen LogP contribution >= 0.6 is 0 Å². The molecule has 7 nitrogen and oxygen atoms in total. The smallest absolute Gasteiger partial charge is 0.259 e. The van der Waals surface area contributed by atoms with E-state index >= 15 is 0 Å². The zero-order valence-electron chi connectivity index (χ0n) is 18.2. The first-order chi connectivity index (χ1) is 16.1. The van der Waals surface area contributed by atoms with Crippen molar-refractivity contribution < 1.29 is 14.4 Å². The molecule has 3 amide bonds. The highest BCUT2D eigenvalue weighted by Gasteiger charge is 2.41. The van der Waals surface area contributed by atoms with Crippen LogP contribution in [0.5, 0.6) is 0 Å². The molecule has 0 bridgehead atoms. The van der Waals surface area contributed by atoms with E-state index in [1.807, 2.05) is 18.2 Å². The van der Waals surface area contributed by atoms with Crippen molar-refractivity contribution in [3.63, 3.8) is 0 Å². The van der Waals surface area contributed by atoms with Gasteiger partial charge in [-0.15, -0.1) is 0 Å². The number of nitrogens with one attached hydrogen (secondary N) is 1. The van der Waals surface area contributed by atoms with Crippen LogP contribution in [0.15, 0.2) is 54.7 Å². The number of rotatable bonds is 5. The van der Waals surface area contributed by atoms with E-state index in [4.69, 9.17) is 0 Å². The number of amides is 3. The molecule has 33 heavy (non-hydrogen) atoms. The molecular formula is C26H24N4O3. The van der Waals surface area contributed by atoms with Gasteiger partial charge in [0.25, 0.3) is 5.91 Å². The first-order valence-electron chi connectivity index (χ1n) is 11.4. The second-order valence-electron chi connectivity index (χ2n) is 9.22. The number of piperidine rings is 1. The summed E-state index contributed by atoms with van der Waals surface area (Å²) >= 11 is 0. The van der Waals surface area contributed by atoms with E-state index < -0.39 is 11.9 Å². The lowest BCUT2D eigenvalue weighted by molar-refractivity contribution is -0.134. The second-order valence-corrected chi connectivity index (χ2v) is 9.22. The summed E-state index contributed by atoms with van der Waals surface area (Å²) in [6.07, 6.45) is 3.19. The Morgan fingerprint density at radius 2 is 1.82 bits per heavy atom. The lowest BCUT2D eigenvalue weighted by atomic mass is 9.90. The zero-order chi connectivity index (χ0) is 22.5. The fourth-order valence-corrected chi connectivity index (χ4v) is 5.42. The van der Waals surface area contributed by atoms with Crippen molar-refractivity contribution >= 4 is 34.3 Å². The van der Waals surface area contributed by atoms with Gasteiger partial charge in [-0.3, -0.25) is 34.5 Å². The molecule has 4 heterocycles. The maximum absolute atomic E-state index is 13.2. The van der Waals surface area contributed by atoms with Crippen molar-refractivity contribution in [3.8, 4) is 0 Å². The van der Waals surface area contributed by atoms with Crippen molar-refractivity contribution in [2.75, 3.05) is 18.0 Å². The van der Waals surface area contributed by atoms with Crippen LogP contribution in [-0.4, -0.2) is 46.7 Å². The summed E-state index contributed by atoms with van der Waals surface area (Å²) in [5.74, 6) is -0.340. The molecule has 7 heteroatoms. The maximum Gasteiger partial charge on any atom is 0.259 e. The Kier molecular flexibility index (Phi) is 4.73. The topological polar surface area (TPSA) is 82.6 Å². The molecule has 166 valence electrons. The fraction of sp³-hybridized carbons (Fsp3) is 0.308. The number of anilines is 1. The van der Waals surface area contributed by atoms with Crippen LogP contribution in [0.4, 0.5) is 5.69 Å². The van der Waals surface area contributed by atoms with E-state index in [0.29, 0.717) is 17.9 Å². The van der Waals surface area contributed by atoms with Gasteiger partial charge in [-0.25, -0.2) is 0 Å². The molecule has 3 aliphatic heterocycles. The molecule has 1 N–H and O–H groups in total. The predicted molar refractivity (Wildman–Crippen MR) is 124 cm³/mol. The molecule has 0 spiro atoms. The highest BCUT2D eigenvalue weighted by molar-refractivity contribution is 6.26. The van der Waals surface area contributed by atoms with Crippen LogP contribution < -0.4 is 10.2 Å². The van der Waals surface area contributed by atoms with Gasteiger partial charge in [0.15, 0.2) is 0 Å². The molecule has 2 fully saturated rings. The third-order valence-electron chi connectivity index (χ3n) is 6.97. The Balaban J connectivity index is 1.23. The minimum absolute atomic E-state index is 0.193. The molecule has 2 aromatic carbocycles. The first-order valence-corrected chi connectivity index (χ1v) is 11.4. The minimum Gasteiger partial charge on any atom is -0.298 e. The lowest BCUT2D eigenvalue weighted by Crippen LogP contribution is -2.53. The number of pyridine rings is 1. The van der Waals surface area contributed by atoms with Gasteiger partial charge >= 0.3 is 0 Å². The third-order valence-corrected chi connectivity index (χ3v) is 6.97. The van der Waals surface area contributed by atoms with E-state index in [-0.39, 0.29) is 18.2 Å². The van der Waals surface area contributed by atoms with Gasteiger partial charge in [0.05, 0.1) is 16.8 Å². The van der Waals surface area contributed by atoms with E-state index in [1.54, 1.807) is 17.2 Å². The number of hydrogen-bond acceptors (Lipinski definition) is 5. The number of nitrogens with zero attached hydrogens (tertiary/aromatic N) is 3. The average molecular weight is 441 g/mol. The molecule has 6 rings (SSSR count). The van der Waals surface area contributed by atoms with E-state index in [9.17, 15) is 14.4 Å². The number of carbonyl (C=O) groups excluding carboxylic acids is 3. The molecule has 0 radical (unpaired) electrons. The van der Waals surface area contributed by atoms with Crippen molar-refractivity contribution in [1.29, 1.82) is 0 Å². The largest absolute Gasteiger partial charge is 0.298 e. The number of likely N-dealkylation sites (tertiary alicyclic amines) is 1. The summed E-state index contributed by atoms with van der Waals surface area (Å²) in [4.78, 5) is 45.9. The Morgan fingerprint density at radius 3 is 2.61 bits per heavy atom. The van der Waals surface area contributed by atoms with Gasteiger partial charge in [-0.05, 0) is 42.0 Å². The number of hydrogen-bond donors (Lipinski definition) is 1. The van der Waals surface area contributed by atoms with Crippen LogP contribution in [0.1, 0.15) is 34.3 Å². The van der Waals surface area contributed by atoms with Crippen LogP contribution in [0.25, 0.3) is 10.9 Å². The van der Waals surface area contributed by atoms with E-state index in [0.717, 1.165) is 48.2 Å². The minimum atomic E-state index is -0.671. The van der Waals surface area contributed by atoms with Gasteiger partial charge in [-0.2, -0.15) is 0 Å². The van der Waals surface area contributed by atoms with Crippen LogP contribution in [0.2, 0.25) is 0 Å². The predicted octanol–water partition coefficient (Wildman–Crippen LogP) is 2.67. The molecule has 3 aromatic rings. The van der Waals surface area contributed by atoms with Crippen molar-refractivity contribution in [1.82, 2.24) is 15.2 Å². The van der Waals surface area contributed by atoms with Crippen molar-refractivity contribution in [3.05, 3.63) is 71.4 Å². The lowest BCUT2D eigenvalue weighted by Gasteiger charge is -2.39. The highest BCUT2D eigenvalue weighted by Crippen LogP contribution is 2.40. The number of imide groups is 1. The van der Waals surface area contributed by atoms with Gasteiger partial charge in [0, 0.05) is 37.6 Å². The van der Waals surface area contributed by atoms with Gasteiger partial charge in [-0.1, -0.05) is 36.4 Å². The number of carbonyl (C=O) groups is 3. The van der Waals surface area contributed by atoms with Crippen molar-refractivity contribution in [2.45, 2.75) is 31.8 Å². The Morgan fingerprint density at radius 1 is 1.00 bits per heavy atom. The standard InChI is InChI=1S/C26H24N4O3/c31-22-9-8-21(25(32)28-22)30-20-10-11-27-24-18(6-7-19(23(20)24)26(30)33)12-17-14-29(15-17)13-16-4-2-1-3-5-16/h1-7,10-11,17,21H,8-9,12-15H2,(H,28,31,32). The maximum atomic E-state index is 13.2. The molecule has 3 aliphatic rings. The SMILES string of the molecule is O=C1CCC(N2C(=O)c3ccc(CC4CN(Cc5ccccc5)C4)c4nccc2c34)C(=O)N1. The molecule has 1 unspecified atom stereocenters. The van der Waals surface area contributed by atoms with Crippen LogP contribution in [-0.2, 0) is 22.6 Å². The summed E-state index contributed by atoms with van der Waals surface area (Å²) in [5.41, 5.74) is 4.61. The molecule has 1 atom stereocenters. The summed E-state index contributed by atoms with van der Waals surface area (Å²) < 4.78 is 0. The van der Waals surface area contributed by atoms with Crippen LogP contribution in [0, 0.1) is 5.92 Å². The fourth-order valence-electron chi connectivity index (χ4n) is 5.42. The number of benzene rings is 2. The monoisotopic (exact) mass is 440 g/mol. The van der Waals surface area contributed by atoms with E-state index in [2.05, 4.69) is 39.5 Å². The quantitative estimate of drug-likeness (QED) is 0.617. The third kappa shape index (κ3) is 3.40. The normalized spacial score (nSPS) is 20.9. The highest BCUT2D eigenvalue weighted by atomic mass is 16.2. The second kappa shape index (κ2) is 7.78. The molecule has 2 saturated heterocycles. The Labute approximate surface area is 191 Å². The molecule has 0 saturated carbocycles. The first kappa shape index (κ1) is 20.1. The summed E-state index contributed by atoms with van der Waals surface area (Å²) in [7, 11) is 0.